The lowest BCUT2D eigenvalue weighted by molar-refractivity contribution is -0.141. The summed E-state index contributed by atoms with van der Waals surface area (Å²) in [6.45, 7) is 3.99. The van der Waals surface area contributed by atoms with Gasteiger partial charge in [0, 0.05) is 31.7 Å². The van der Waals surface area contributed by atoms with E-state index in [1.807, 2.05) is 18.2 Å². The molecular formula is C17H19F3N4. The van der Waals surface area contributed by atoms with Crippen LogP contribution in [0.15, 0.2) is 36.4 Å². The fraction of sp³-hybridized carbons (Fsp3) is 0.412. The Hall–Kier alpha value is -2.15. The summed E-state index contributed by atoms with van der Waals surface area (Å²) in [6, 6.07) is 11.2. The average molecular weight is 336 g/mol. The number of nitrogens with one attached hydrogen (secondary N) is 1. The van der Waals surface area contributed by atoms with Gasteiger partial charge in [0.2, 0.25) is 0 Å². The van der Waals surface area contributed by atoms with Crippen LogP contribution in [0.1, 0.15) is 23.5 Å². The summed E-state index contributed by atoms with van der Waals surface area (Å²) >= 11 is 0. The second kappa shape index (κ2) is 6.76. The van der Waals surface area contributed by atoms with E-state index in [4.69, 9.17) is 0 Å². The zero-order valence-electron chi connectivity index (χ0n) is 13.3. The fourth-order valence-corrected chi connectivity index (χ4v) is 2.93. The minimum Gasteiger partial charge on any atom is -0.366 e. The largest absolute Gasteiger partial charge is 0.433 e. The molecule has 1 unspecified atom stereocenters. The highest BCUT2D eigenvalue weighted by Crippen LogP contribution is 2.29. The van der Waals surface area contributed by atoms with Gasteiger partial charge in [-0.1, -0.05) is 30.3 Å². The zero-order valence-corrected chi connectivity index (χ0v) is 13.3. The van der Waals surface area contributed by atoms with Crippen LogP contribution in [-0.4, -0.2) is 34.0 Å². The Bertz CT molecular complexity index is 688. The number of anilines is 1. The molecule has 1 aliphatic rings. The van der Waals surface area contributed by atoms with Gasteiger partial charge >= 0.3 is 6.18 Å². The molecule has 24 heavy (non-hydrogen) atoms. The van der Waals surface area contributed by atoms with E-state index in [2.05, 4.69) is 32.3 Å². The SMILES string of the molecule is Cc1nc(NC2CCN(Cc3ccccc3)C2)cc(C(F)(F)F)n1. The number of rotatable bonds is 4. The van der Waals surface area contributed by atoms with Gasteiger partial charge in [0.1, 0.15) is 17.3 Å². The lowest BCUT2D eigenvalue weighted by atomic mass is 10.2. The molecule has 1 aliphatic heterocycles. The van der Waals surface area contributed by atoms with Crippen molar-refractivity contribution < 1.29 is 13.2 Å². The standard InChI is InChI=1S/C17H19F3N4/c1-12-21-15(17(18,19)20)9-16(22-12)23-14-7-8-24(11-14)10-13-5-3-2-4-6-13/h2-6,9,14H,7-8,10-11H2,1H3,(H,21,22,23). The molecule has 0 bridgehead atoms. The van der Waals surface area contributed by atoms with Crippen molar-refractivity contribution in [2.75, 3.05) is 18.4 Å². The van der Waals surface area contributed by atoms with E-state index in [9.17, 15) is 13.2 Å². The Morgan fingerprint density at radius 1 is 1.21 bits per heavy atom. The molecule has 1 saturated heterocycles. The molecule has 2 aromatic rings. The highest BCUT2D eigenvalue weighted by molar-refractivity contribution is 5.38. The first-order valence-corrected chi connectivity index (χ1v) is 7.86. The van der Waals surface area contributed by atoms with Gasteiger partial charge in [-0.05, 0) is 18.9 Å². The molecule has 0 spiro atoms. The minimum atomic E-state index is -4.46. The molecule has 1 atom stereocenters. The van der Waals surface area contributed by atoms with Crippen molar-refractivity contribution in [2.45, 2.75) is 32.1 Å². The second-order valence-corrected chi connectivity index (χ2v) is 6.03. The van der Waals surface area contributed by atoms with Crippen LogP contribution >= 0.6 is 0 Å². The monoisotopic (exact) mass is 336 g/mol. The summed E-state index contributed by atoms with van der Waals surface area (Å²) in [5, 5.41) is 3.12. The predicted molar refractivity (Wildman–Crippen MR) is 85.5 cm³/mol. The maximum atomic E-state index is 12.8. The van der Waals surface area contributed by atoms with E-state index < -0.39 is 11.9 Å². The van der Waals surface area contributed by atoms with E-state index in [0.29, 0.717) is 0 Å². The molecule has 3 rings (SSSR count). The normalized spacial score (nSPS) is 18.8. The van der Waals surface area contributed by atoms with Crippen molar-refractivity contribution in [3.63, 3.8) is 0 Å². The highest BCUT2D eigenvalue weighted by Gasteiger charge is 2.33. The molecule has 7 heteroatoms. The molecule has 2 heterocycles. The van der Waals surface area contributed by atoms with E-state index in [-0.39, 0.29) is 17.7 Å². The molecule has 1 aromatic heterocycles. The van der Waals surface area contributed by atoms with Crippen LogP contribution in [0.5, 0.6) is 0 Å². The Kier molecular flexibility index (Phi) is 4.71. The summed E-state index contributed by atoms with van der Waals surface area (Å²) in [6.07, 6.45) is -3.59. The number of nitrogens with zero attached hydrogens (tertiary/aromatic N) is 3. The zero-order chi connectivity index (χ0) is 17.2. The third-order valence-corrected chi connectivity index (χ3v) is 4.00. The predicted octanol–water partition coefficient (Wildman–Crippen LogP) is 3.49. The maximum Gasteiger partial charge on any atom is 0.433 e. The van der Waals surface area contributed by atoms with E-state index in [1.165, 1.54) is 12.5 Å². The van der Waals surface area contributed by atoms with Crippen LogP contribution in [0, 0.1) is 6.92 Å². The third-order valence-electron chi connectivity index (χ3n) is 4.00. The third kappa shape index (κ3) is 4.23. The molecule has 0 saturated carbocycles. The first kappa shape index (κ1) is 16.7. The molecule has 0 radical (unpaired) electrons. The molecule has 4 nitrogen and oxygen atoms in total. The van der Waals surface area contributed by atoms with Crippen LogP contribution in [0.4, 0.5) is 19.0 Å². The number of aromatic nitrogens is 2. The van der Waals surface area contributed by atoms with Gasteiger partial charge in [-0.25, -0.2) is 9.97 Å². The molecular weight excluding hydrogens is 317 g/mol. The molecule has 1 fully saturated rings. The summed E-state index contributed by atoms with van der Waals surface area (Å²) < 4.78 is 38.5. The number of aryl methyl sites for hydroxylation is 1. The van der Waals surface area contributed by atoms with Gasteiger partial charge < -0.3 is 5.32 Å². The lowest BCUT2D eigenvalue weighted by Crippen LogP contribution is -2.26. The summed E-state index contributed by atoms with van der Waals surface area (Å²) in [4.78, 5) is 9.83. The average Bonchev–Trinajstić information content (AvgIpc) is 2.94. The molecule has 1 aromatic carbocycles. The minimum absolute atomic E-state index is 0.0871. The van der Waals surface area contributed by atoms with Crippen LogP contribution < -0.4 is 5.32 Å². The van der Waals surface area contributed by atoms with Crippen molar-refractivity contribution in [2.24, 2.45) is 0 Å². The number of alkyl halides is 3. The van der Waals surface area contributed by atoms with Gasteiger partial charge in [0.05, 0.1) is 0 Å². The van der Waals surface area contributed by atoms with Gasteiger partial charge in [-0.2, -0.15) is 13.2 Å². The summed E-state index contributed by atoms with van der Waals surface area (Å²) in [5.41, 5.74) is 0.326. The van der Waals surface area contributed by atoms with Crippen LogP contribution in [0.3, 0.4) is 0 Å². The number of likely N-dealkylation sites (tertiary alicyclic amines) is 1. The Morgan fingerprint density at radius 2 is 1.96 bits per heavy atom. The highest BCUT2D eigenvalue weighted by atomic mass is 19.4. The fourth-order valence-electron chi connectivity index (χ4n) is 2.93. The second-order valence-electron chi connectivity index (χ2n) is 6.03. The number of hydrogen-bond donors (Lipinski definition) is 1. The number of benzene rings is 1. The van der Waals surface area contributed by atoms with Gasteiger partial charge in [0.25, 0.3) is 0 Å². The first-order valence-electron chi connectivity index (χ1n) is 7.86. The van der Waals surface area contributed by atoms with Gasteiger partial charge in [-0.15, -0.1) is 0 Å². The van der Waals surface area contributed by atoms with Crippen LogP contribution in [0.25, 0.3) is 0 Å². The van der Waals surface area contributed by atoms with E-state index in [1.54, 1.807) is 0 Å². The van der Waals surface area contributed by atoms with E-state index in [0.717, 1.165) is 32.1 Å². The molecule has 0 aliphatic carbocycles. The van der Waals surface area contributed by atoms with Crippen LogP contribution in [0.2, 0.25) is 0 Å². The van der Waals surface area contributed by atoms with Crippen molar-refractivity contribution >= 4 is 5.82 Å². The lowest BCUT2D eigenvalue weighted by Gasteiger charge is -2.17. The maximum absolute atomic E-state index is 12.8. The Balaban J connectivity index is 1.62. The van der Waals surface area contributed by atoms with Gasteiger partial charge in [0.15, 0.2) is 0 Å². The van der Waals surface area contributed by atoms with E-state index >= 15 is 0 Å². The first-order chi connectivity index (χ1) is 11.4. The van der Waals surface area contributed by atoms with Crippen molar-refractivity contribution in [1.29, 1.82) is 0 Å². The Labute approximate surface area is 138 Å². The van der Waals surface area contributed by atoms with Gasteiger partial charge in [-0.3, -0.25) is 4.90 Å². The van der Waals surface area contributed by atoms with Crippen molar-refractivity contribution in [1.82, 2.24) is 14.9 Å². The quantitative estimate of drug-likeness (QED) is 0.928. The smallest absolute Gasteiger partial charge is 0.366 e. The number of hydrogen-bond acceptors (Lipinski definition) is 4. The number of halogens is 3. The van der Waals surface area contributed by atoms with Crippen molar-refractivity contribution in [3.8, 4) is 0 Å². The summed E-state index contributed by atoms with van der Waals surface area (Å²) in [5.74, 6) is 0.354. The Morgan fingerprint density at radius 3 is 2.67 bits per heavy atom. The summed E-state index contributed by atoms with van der Waals surface area (Å²) in [7, 11) is 0. The van der Waals surface area contributed by atoms with Crippen molar-refractivity contribution in [3.05, 3.63) is 53.5 Å². The topological polar surface area (TPSA) is 41.1 Å². The molecule has 0 amide bonds. The molecule has 1 N–H and O–H groups in total. The van der Waals surface area contributed by atoms with Crippen LogP contribution in [-0.2, 0) is 12.7 Å². The molecule has 128 valence electrons.